The molecule has 20 heavy (non-hydrogen) atoms. The minimum atomic E-state index is -1.21. The van der Waals surface area contributed by atoms with Gasteiger partial charge in [0, 0.05) is 5.57 Å². The maximum absolute atomic E-state index is 11.2. The van der Waals surface area contributed by atoms with Crippen LogP contribution in [0.4, 0.5) is 0 Å². The minimum absolute atomic E-state index is 0.238. The van der Waals surface area contributed by atoms with E-state index < -0.39 is 12.3 Å². The summed E-state index contributed by atoms with van der Waals surface area (Å²) < 4.78 is 10.1. The Morgan fingerprint density at radius 1 is 1.25 bits per heavy atom. The molecule has 0 aliphatic rings. The van der Waals surface area contributed by atoms with Crippen LogP contribution in [0.25, 0.3) is 10.8 Å². The molecule has 0 amide bonds. The Kier molecular flexibility index (Phi) is 4.38. The van der Waals surface area contributed by atoms with Crippen molar-refractivity contribution in [2.24, 2.45) is 0 Å². The van der Waals surface area contributed by atoms with Gasteiger partial charge in [-0.1, -0.05) is 36.9 Å². The number of rotatable bonds is 5. The first-order valence-electron chi connectivity index (χ1n) is 6.22. The molecule has 1 N–H and O–H groups in total. The van der Waals surface area contributed by atoms with Gasteiger partial charge in [0.25, 0.3) is 0 Å². The van der Waals surface area contributed by atoms with Crippen molar-refractivity contribution in [1.29, 1.82) is 0 Å². The van der Waals surface area contributed by atoms with Crippen LogP contribution in [0, 0.1) is 0 Å². The van der Waals surface area contributed by atoms with Crippen molar-refractivity contribution in [3.8, 4) is 5.75 Å². The fourth-order valence-corrected chi connectivity index (χ4v) is 1.70. The molecule has 0 fully saturated rings. The normalized spacial score (nSPS) is 11.9. The van der Waals surface area contributed by atoms with E-state index in [0.717, 1.165) is 10.8 Å². The minimum Gasteiger partial charge on any atom is -0.461 e. The van der Waals surface area contributed by atoms with Crippen molar-refractivity contribution in [2.75, 3.05) is 6.61 Å². The van der Waals surface area contributed by atoms with Crippen LogP contribution in [-0.4, -0.2) is 24.0 Å². The van der Waals surface area contributed by atoms with Crippen molar-refractivity contribution < 1.29 is 19.4 Å². The largest absolute Gasteiger partial charge is 0.461 e. The van der Waals surface area contributed by atoms with E-state index in [1.807, 2.05) is 36.4 Å². The van der Waals surface area contributed by atoms with E-state index in [1.165, 1.54) is 0 Å². The van der Waals surface area contributed by atoms with E-state index in [4.69, 9.17) is 9.47 Å². The van der Waals surface area contributed by atoms with Gasteiger partial charge < -0.3 is 14.6 Å². The van der Waals surface area contributed by atoms with E-state index in [0.29, 0.717) is 5.75 Å². The van der Waals surface area contributed by atoms with Gasteiger partial charge in [0.15, 0.2) is 6.61 Å². The first kappa shape index (κ1) is 14.1. The molecule has 2 aromatic rings. The summed E-state index contributed by atoms with van der Waals surface area (Å²) in [6.45, 7) is 4.76. The summed E-state index contributed by atoms with van der Waals surface area (Å²) in [4.78, 5) is 11.2. The van der Waals surface area contributed by atoms with Crippen molar-refractivity contribution >= 4 is 16.7 Å². The van der Waals surface area contributed by atoms with Gasteiger partial charge in [-0.25, -0.2) is 4.79 Å². The zero-order valence-corrected chi connectivity index (χ0v) is 11.2. The van der Waals surface area contributed by atoms with Crippen LogP contribution in [0.2, 0.25) is 0 Å². The lowest BCUT2D eigenvalue weighted by molar-refractivity contribution is -0.149. The molecule has 2 rings (SSSR count). The number of aliphatic hydroxyl groups is 1. The van der Waals surface area contributed by atoms with Gasteiger partial charge in [0.1, 0.15) is 5.75 Å². The highest BCUT2D eigenvalue weighted by atomic mass is 16.6. The lowest BCUT2D eigenvalue weighted by atomic mass is 10.1. The van der Waals surface area contributed by atoms with Crippen LogP contribution in [-0.2, 0) is 9.53 Å². The van der Waals surface area contributed by atoms with Crippen LogP contribution in [0.5, 0.6) is 5.75 Å². The Balaban J connectivity index is 1.97. The third-order valence-electron chi connectivity index (χ3n) is 2.70. The van der Waals surface area contributed by atoms with Gasteiger partial charge in [0.2, 0.25) is 6.29 Å². The van der Waals surface area contributed by atoms with Crippen molar-refractivity contribution in [1.82, 2.24) is 0 Å². The molecule has 104 valence electrons. The van der Waals surface area contributed by atoms with Crippen LogP contribution in [0.3, 0.4) is 0 Å². The maximum Gasteiger partial charge on any atom is 0.333 e. The number of esters is 1. The summed E-state index contributed by atoms with van der Waals surface area (Å²) in [6.07, 6.45) is -1.21. The molecule has 0 aliphatic heterocycles. The second kappa shape index (κ2) is 6.21. The maximum atomic E-state index is 11.2. The third kappa shape index (κ3) is 3.59. The topological polar surface area (TPSA) is 55.8 Å². The molecule has 0 aliphatic carbocycles. The number of hydrogen-bond donors (Lipinski definition) is 1. The second-order valence-electron chi connectivity index (χ2n) is 4.46. The number of carbonyl (C=O) groups is 1. The molecule has 0 aromatic heterocycles. The average Bonchev–Trinajstić information content (AvgIpc) is 2.44. The summed E-state index contributed by atoms with van der Waals surface area (Å²) in [7, 11) is 0. The molecule has 0 heterocycles. The van der Waals surface area contributed by atoms with Gasteiger partial charge in [-0.2, -0.15) is 0 Å². The molecular formula is C16H16O4. The fraction of sp³-hybridized carbons (Fsp3) is 0.188. The Hall–Kier alpha value is -2.33. The number of benzene rings is 2. The summed E-state index contributed by atoms with van der Waals surface area (Å²) in [5, 5.41) is 11.8. The number of ether oxygens (including phenoxy) is 2. The van der Waals surface area contributed by atoms with Gasteiger partial charge >= 0.3 is 5.97 Å². The van der Waals surface area contributed by atoms with Crippen LogP contribution in [0.15, 0.2) is 54.6 Å². The van der Waals surface area contributed by atoms with Crippen molar-refractivity contribution in [3.05, 3.63) is 54.6 Å². The van der Waals surface area contributed by atoms with E-state index in [1.54, 1.807) is 13.0 Å². The number of carbonyl (C=O) groups excluding carboxylic acids is 1. The zero-order valence-electron chi connectivity index (χ0n) is 11.2. The quantitative estimate of drug-likeness (QED) is 0.516. The second-order valence-corrected chi connectivity index (χ2v) is 4.46. The summed E-state index contributed by atoms with van der Waals surface area (Å²) >= 11 is 0. The van der Waals surface area contributed by atoms with Crippen molar-refractivity contribution in [2.45, 2.75) is 13.2 Å². The summed E-state index contributed by atoms with van der Waals surface area (Å²) in [5.74, 6) is -0.0336. The molecule has 0 spiro atoms. The van der Waals surface area contributed by atoms with E-state index in [2.05, 4.69) is 6.58 Å². The Bertz CT molecular complexity index is 633. The molecule has 1 unspecified atom stereocenters. The van der Waals surface area contributed by atoms with Gasteiger partial charge in [-0.15, -0.1) is 0 Å². The first-order chi connectivity index (χ1) is 9.56. The lowest BCUT2D eigenvalue weighted by Crippen LogP contribution is -2.24. The highest BCUT2D eigenvalue weighted by molar-refractivity contribution is 5.87. The smallest absolute Gasteiger partial charge is 0.333 e. The molecule has 0 saturated carbocycles. The zero-order chi connectivity index (χ0) is 14.5. The first-order valence-corrected chi connectivity index (χ1v) is 6.22. The average molecular weight is 272 g/mol. The molecule has 0 saturated heterocycles. The highest BCUT2D eigenvalue weighted by Crippen LogP contribution is 2.21. The fourth-order valence-electron chi connectivity index (χ4n) is 1.70. The van der Waals surface area contributed by atoms with Crippen LogP contribution < -0.4 is 4.74 Å². The highest BCUT2D eigenvalue weighted by Gasteiger charge is 2.10. The SMILES string of the molecule is C=C(C)C(=O)OCC(O)Oc1ccc2ccccc2c1. The third-order valence-corrected chi connectivity index (χ3v) is 2.70. The number of aliphatic hydroxyl groups excluding tert-OH is 1. The van der Waals surface area contributed by atoms with Crippen LogP contribution in [0.1, 0.15) is 6.92 Å². The van der Waals surface area contributed by atoms with E-state index in [-0.39, 0.29) is 12.2 Å². The molecule has 1 atom stereocenters. The van der Waals surface area contributed by atoms with E-state index >= 15 is 0 Å². The molecule has 4 heteroatoms. The lowest BCUT2D eigenvalue weighted by Gasteiger charge is -2.14. The predicted octanol–water partition coefficient (Wildman–Crippen LogP) is 2.66. The standard InChI is InChI=1S/C16H16O4/c1-11(2)16(18)19-10-15(17)20-14-8-7-12-5-3-4-6-13(12)9-14/h3-9,15,17H,1,10H2,2H3. The molecule has 0 bridgehead atoms. The van der Waals surface area contributed by atoms with Crippen LogP contribution >= 0.6 is 0 Å². The molecule has 4 nitrogen and oxygen atoms in total. The number of hydrogen-bond acceptors (Lipinski definition) is 4. The van der Waals surface area contributed by atoms with Gasteiger partial charge in [-0.05, 0) is 29.8 Å². The molecular weight excluding hydrogens is 256 g/mol. The Morgan fingerprint density at radius 2 is 1.95 bits per heavy atom. The molecule has 0 radical (unpaired) electrons. The summed E-state index contributed by atoms with van der Waals surface area (Å²) in [5.41, 5.74) is 0.280. The number of fused-ring (bicyclic) bond motifs is 1. The van der Waals surface area contributed by atoms with Gasteiger partial charge in [0.05, 0.1) is 0 Å². The van der Waals surface area contributed by atoms with Gasteiger partial charge in [-0.3, -0.25) is 0 Å². The van der Waals surface area contributed by atoms with E-state index in [9.17, 15) is 9.90 Å². The predicted molar refractivity (Wildman–Crippen MR) is 76.4 cm³/mol. The Labute approximate surface area is 117 Å². The molecule has 2 aromatic carbocycles. The summed E-state index contributed by atoms with van der Waals surface area (Å²) in [6, 6.07) is 13.3. The van der Waals surface area contributed by atoms with Crippen molar-refractivity contribution in [3.63, 3.8) is 0 Å². The monoisotopic (exact) mass is 272 g/mol. The Morgan fingerprint density at radius 3 is 2.65 bits per heavy atom.